The van der Waals surface area contributed by atoms with E-state index in [2.05, 4.69) is 6.07 Å². The van der Waals surface area contributed by atoms with Crippen molar-refractivity contribution in [3.8, 4) is 5.75 Å². The summed E-state index contributed by atoms with van der Waals surface area (Å²) in [5.41, 5.74) is 2.23. The van der Waals surface area contributed by atoms with Gasteiger partial charge in [0, 0.05) is 12.7 Å². The highest BCUT2D eigenvalue weighted by Crippen LogP contribution is 2.23. The number of methoxy groups -OCH3 is 1. The minimum absolute atomic E-state index is 0.492. The highest BCUT2D eigenvalue weighted by atomic mass is 35.5. The van der Waals surface area contributed by atoms with Crippen molar-refractivity contribution in [2.24, 2.45) is 0 Å². The van der Waals surface area contributed by atoms with Gasteiger partial charge in [-0.2, -0.15) is 0 Å². The second kappa shape index (κ2) is 4.38. The Labute approximate surface area is 84.1 Å². The number of alkyl halides is 1. The number of rotatable bonds is 3. The number of halogens is 1. The lowest BCUT2D eigenvalue weighted by Gasteiger charge is -2.16. The third kappa shape index (κ3) is 2.28. The predicted molar refractivity (Wildman–Crippen MR) is 56.9 cm³/mol. The third-order valence-corrected chi connectivity index (χ3v) is 2.36. The summed E-state index contributed by atoms with van der Waals surface area (Å²) in [6.45, 7) is 2.02. The van der Waals surface area contributed by atoms with Gasteiger partial charge in [-0.3, -0.25) is 0 Å². The van der Waals surface area contributed by atoms with Crippen LogP contribution in [0.25, 0.3) is 0 Å². The molecule has 0 amide bonds. The molecule has 0 fully saturated rings. The van der Waals surface area contributed by atoms with Crippen LogP contribution in [0.1, 0.15) is 5.56 Å². The van der Waals surface area contributed by atoms with Crippen LogP contribution >= 0.6 is 11.6 Å². The zero-order valence-corrected chi connectivity index (χ0v) is 8.93. The van der Waals surface area contributed by atoms with Crippen molar-refractivity contribution in [2.45, 2.75) is 6.92 Å². The summed E-state index contributed by atoms with van der Waals surface area (Å²) in [6.07, 6.45) is 0. The third-order valence-electron chi connectivity index (χ3n) is 2.00. The summed E-state index contributed by atoms with van der Waals surface area (Å²) in [7, 11) is 3.63. The van der Waals surface area contributed by atoms with Gasteiger partial charge in [0.25, 0.3) is 0 Å². The topological polar surface area (TPSA) is 12.5 Å². The number of ether oxygens (including phenoxy) is 1. The first kappa shape index (κ1) is 10.2. The van der Waals surface area contributed by atoms with E-state index in [-0.39, 0.29) is 0 Å². The zero-order valence-electron chi connectivity index (χ0n) is 8.17. The molecule has 0 saturated carbocycles. The SMILES string of the molecule is COc1ccc(N(C)CCl)cc1C. The van der Waals surface area contributed by atoms with Crippen molar-refractivity contribution < 1.29 is 4.74 Å². The molecule has 0 aliphatic carbocycles. The van der Waals surface area contributed by atoms with Gasteiger partial charge in [-0.25, -0.2) is 0 Å². The Kier molecular flexibility index (Phi) is 3.43. The van der Waals surface area contributed by atoms with Crippen molar-refractivity contribution in [3.05, 3.63) is 23.8 Å². The number of hydrogen-bond acceptors (Lipinski definition) is 2. The highest BCUT2D eigenvalue weighted by molar-refractivity contribution is 6.18. The first-order chi connectivity index (χ1) is 6.19. The molecule has 0 atom stereocenters. The van der Waals surface area contributed by atoms with Crippen LogP contribution in [0.15, 0.2) is 18.2 Å². The quantitative estimate of drug-likeness (QED) is 0.548. The van der Waals surface area contributed by atoms with Gasteiger partial charge in [0.15, 0.2) is 0 Å². The van der Waals surface area contributed by atoms with E-state index < -0.39 is 0 Å². The standard InChI is InChI=1S/C10H14ClNO/c1-8-6-9(12(2)7-11)4-5-10(8)13-3/h4-6H,7H2,1-3H3. The fraction of sp³-hybridized carbons (Fsp3) is 0.400. The minimum atomic E-state index is 0.492. The number of anilines is 1. The molecule has 0 aromatic heterocycles. The molecule has 0 aliphatic rings. The van der Waals surface area contributed by atoms with E-state index in [1.54, 1.807) is 7.11 Å². The van der Waals surface area contributed by atoms with Crippen LogP contribution in [-0.4, -0.2) is 20.2 Å². The first-order valence-electron chi connectivity index (χ1n) is 4.10. The van der Waals surface area contributed by atoms with Crippen molar-refractivity contribution in [1.82, 2.24) is 0 Å². The van der Waals surface area contributed by atoms with E-state index >= 15 is 0 Å². The van der Waals surface area contributed by atoms with Crippen LogP contribution in [-0.2, 0) is 0 Å². The largest absolute Gasteiger partial charge is 0.496 e. The van der Waals surface area contributed by atoms with Gasteiger partial charge < -0.3 is 9.64 Å². The van der Waals surface area contributed by atoms with Gasteiger partial charge in [0.05, 0.1) is 13.1 Å². The molecular formula is C10H14ClNO. The molecule has 1 rings (SSSR count). The Balaban J connectivity index is 2.95. The number of aryl methyl sites for hydroxylation is 1. The molecule has 0 N–H and O–H groups in total. The second-order valence-corrected chi connectivity index (χ2v) is 3.21. The van der Waals surface area contributed by atoms with Crippen molar-refractivity contribution in [2.75, 3.05) is 25.1 Å². The maximum atomic E-state index is 5.71. The first-order valence-corrected chi connectivity index (χ1v) is 4.64. The van der Waals surface area contributed by atoms with E-state index in [9.17, 15) is 0 Å². The van der Waals surface area contributed by atoms with Gasteiger partial charge in [0.2, 0.25) is 0 Å². The Bertz CT molecular complexity index is 288. The van der Waals surface area contributed by atoms with Gasteiger partial charge >= 0.3 is 0 Å². The normalized spacial score (nSPS) is 9.85. The van der Waals surface area contributed by atoms with E-state index in [0.29, 0.717) is 6.00 Å². The van der Waals surface area contributed by atoms with Crippen LogP contribution in [0.2, 0.25) is 0 Å². The van der Waals surface area contributed by atoms with Crippen molar-refractivity contribution in [3.63, 3.8) is 0 Å². The molecule has 72 valence electrons. The molecule has 0 heterocycles. The molecule has 1 aromatic rings. The van der Waals surface area contributed by atoms with E-state index in [1.807, 2.05) is 31.0 Å². The molecule has 0 bridgehead atoms. The lowest BCUT2D eigenvalue weighted by molar-refractivity contribution is 0.411. The average Bonchev–Trinajstić information content (AvgIpc) is 2.16. The monoisotopic (exact) mass is 199 g/mol. The lowest BCUT2D eigenvalue weighted by Crippen LogP contribution is -2.14. The van der Waals surface area contributed by atoms with E-state index in [0.717, 1.165) is 17.0 Å². The summed E-state index contributed by atoms with van der Waals surface area (Å²) in [5.74, 6) is 0.909. The molecule has 3 heteroatoms. The van der Waals surface area contributed by atoms with Gasteiger partial charge in [0.1, 0.15) is 5.75 Å². The van der Waals surface area contributed by atoms with Gasteiger partial charge in [-0.05, 0) is 30.7 Å². The summed E-state index contributed by atoms with van der Waals surface area (Å²) in [5, 5.41) is 0. The lowest BCUT2D eigenvalue weighted by atomic mass is 10.2. The summed E-state index contributed by atoms with van der Waals surface area (Å²) >= 11 is 5.71. The summed E-state index contributed by atoms with van der Waals surface area (Å²) in [6, 6.07) is 6.49. The Hall–Kier alpha value is -0.890. The Morgan fingerprint density at radius 1 is 1.46 bits per heavy atom. The molecule has 1 aromatic carbocycles. The second-order valence-electron chi connectivity index (χ2n) is 2.97. The zero-order chi connectivity index (χ0) is 9.84. The Morgan fingerprint density at radius 3 is 2.62 bits per heavy atom. The molecule has 0 spiro atoms. The summed E-state index contributed by atoms with van der Waals surface area (Å²) < 4.78 is 5.16. The van der Waals surface area contributed by atoms with Crippen LogP contribution in [0.5, 0.6) is 5.75 Å². The fourth-order valence-electron chi connectivity index (χ4n) is 1.17. The average molecular weight is 200 g/mol. The highest BCUT2D eigenvalue weighted by Gasteiger charge is 2.02. The Morgan fingerprint density at radius 2 is 2.15 bits per heavy atom. The molecule has 0 unspecified atom stereocenters. The van der Waals surface area contributed by atoms with Crippen molar-refractivity contribution in [1.29, 1.82) is 0 Å². The van der Waals surface area contributed by atoms with Gasteiger partial charge in [-0.1, -0.05) is 0 Å². The van der Waals surface area contributed by atoms with Crippen LogP contribution in [0.4, 0.5) is 5.69 Å². The molecule has 0 aliphatic heterocycles. The maximum Gasteiger partial charge on any atom is 0.121 e. The van der Waals surface area contributed by atoms with Crippen LogP contribution < -0.4 is 9.64 Å². The maximum absolute atomic E-state index is 5.71. The number of hydrogen-bond donors (Lipinski definition) is 0. The summed E-state index contributed by atoms with van der Waals surface area (Å²) in [4.78, 5) is 1.97. The van der Waals surface area contributed by atoms with Crippen molar-refractivity contribution >= 4 is 17.3 Å². The van der Waals surface area contributed by atoms with Gasteiger partial charge in [-0.15, -0.1) is 11.6 Å². The van der Waals surface area contributed by atoms with E-state index in [1.165, 1.54) is 0 Å². The number of nitrogens with zero attached hydrogens (tertiary/aromatic N) is 1. The molecule has 0 saturated heterocycles. The van der Waals surface area contributed by atoms with Crippen LogP contribution in [0.3, 0.4) is 0 Å². The fourth-order valence-corrected chi connectivity index (χ4v) is 1.31. The predicted octanol–water partition coefficient (Wildman–Crippen LogP) is 2.64. The molecule has 0 radical (unpaired) electrons. The molecule has 13 heavy (non-hydrogen) atoms. The van der Waals surface area contributed by atoms with Crippen LogP contribution in [0, 0.1) is 6.92 Å². The molecule has 2 nitrogen and oxygen atoms in total. The molecular weight excluding hydrogens is 186 g/mol. The smallest absolute Gasteiger partial charge is 0.121 e. The minimum Gasteiger partial charge on any atom is -0.496 e. The van der Waals surface area contributed by atoms with E-state index in [4.69, 9.17) is 16.3 Å². The number of benzene rings is 1.